The average Bonchev–Trinajstić information content (AvgIpc) is 2.28. The highest BCUT2D eigenvalue weighted by Gasteiger charge is 2.17. The third-order valence-electron chi connectivity index (χ3n) is 2.02. The van der Waals surface area contributed by atoms with Crippen molar-refractivity contribution in [3.63, 3.8) is 0 Å². The van der Waals surface area contributed by atoms with Crippen molar-refractivity contribution in [2.75, 3.05) is 13.7 Å². The SMILES string of the molecule is CCOC(=O)c1cc(Cl)cc(OC)c1CBr. The third-order valence-corrected chi connectivity index (χ3v) is 2.80. The van der Waals surface area contributed by atoms with Gasteiger partial charge in [0.05, 0.1) is 19.3 Å². The van der Waals surface area contributed by atoms with Crippen LogP contribution in [-0.4, -0.2) is 19.7 Å². The van der Waals surface area contributed by atoms with Crippen molar-refractivity contribution < 1.29 is 14.3 Å². The van der Waals surface area contributed by atoms with Gasteiger partial charge in [0.2, 0.25) is 0 Å². The number of rotatable bonds is 4. The van der Waals surface area contributed by atoms with Gasteiger partial charge >= 0.3 is 5.97 Å². The van der Waals surface area contributed by atoms with Crippen LogP contribution in [0.4, 0.5) is 0 Å². The topological polar surface area (TPSA) is 35.5 Å². The standard InChI is InChI=1S/C11H12BrClO3/c1-3-16-11(14)8-4-7(13)5-10(15-2)9(8)6-12/h4-5H,3,6H2,1-2H3. The normalized spacial score (nSPS) is 10.0. The van der Waals surface area contributed by atoms with Gasteiger partial charge in [-0.3, -0.25) is 0 Å². The van der Waals surface area contributed by atoms with Gasteiger partial charge in [-0.1, -0.05) is 27.5 Å². The quantitative estimate of drug-likeness (QED) is 0.631. The Morgan fingerprint density at radius 3 is 2.69 bits per heavy atom. The third kappa shape index (κ3) is 2.89. The van der Waals surface area contributed by atoms with Crippen molar-refractivity contribution in [1.29, 1.82) is 0 Å². The summed E-state index contributed by atoms with van der Waals surface area (Å²) in [5.41, 5.74) is 1.17. The summed E-state index contributed by atoms with van der Waals surface area (Å²) >= 11 is 9.21. The Morgan fingerprint density at radius 2 is 2.19 bits per heavy atom. The molecule has 16 heavy (non-hydrogen) atoms. The van der Waals surface area contributed by atoms with Crippen molar-refractivity contribution in [3.05, 3.63) is 28.3 Å². The lowest BCUT2D eigenvalue weighted by molar-refractivity contribution is 0.0525. The van der Waals surface area contributed by atoms with E-state index in [0.29, 0.717) is 28.3 Å². The molecule has 5 heteroatoms. The summed E-state index contributed by atoms with van der Waals surface area (Å²) in [5.74, 6) is 0.185. The maximum absolute atomic E-state index is 11.7. The van der Waals surface area contributed by atoms with E-state index in [1.807, 2.05) is 0 Å². The van der Waals surface area contributed by atoms with E-state index in [9.17, 15) is 4.79 Å². The molecule has 0 amide bonds. The van der Waals surface area contributed by atoms with E-state index in [-0.39, 0.29) is 0 Å². The maximum Gasteiger partial charge on any atom is 0.338 e. The zero-order valence-corrected chi connectivity index (χ0v) is 11.4. The molecule has 0 bridgehead atoms. The molecule has 0 N–H and O–H groups in total. The van der Waals surface area contributed by atoms with E-state index in [2.05, 4.69) is 15.9 Å². The van der Waals surface area contributed by atoms with E-state index in [4.69, 9.17) is 21.1 Å². The van der Waals surface area contributed by atoms with Gasteiger partial charge in [-0.2, -0.15) is 0 Å². The fourth-order valence-electron chi connectivity index (χ4n) is 1.32. The number of hydrogen-bond acceptors (Lipinski definition) is 3. The molecule has 0 unspecified atom stereocenters. The zero-order valence-electron chi connectivity index (χ0n) is 9.05. The number of esters is 1. The molecule has 0 radical (unpaired) electrons. The smallest absolute Gasteiger partial charge is 0.338 e. The summed E-state index contributed by atoms with van der Waals surface area (Å²) in [6.07, 6.45) is 0. The molecule has 1 aromatic carbocycles. The van der Waals surface area contributed by atoms with Gasteiger partial charge in [0, 0.05) is 15.9 Å². The highest BCUT2D eigenvalue weighted by atomic mass is 79.9. The Bertz CT molecular complexity index is 393. The van der Waals surface area contributed by atoms with Gasteiger partial charge in [-0.15, -0.1) is 0 Å². The van der Waals surface area contributed by atoms with Crippen LogP contribution in [0.5, 0.6) is 5.75 Å². The summed E-state index contributed by atoms with van der Waals surface area (Å²) in [4.78, 5) is 11.7. The molecule has 0 saturated carbocycles. The van der Waals surface area contributed by atoms with Gasteiger partial charge in [0.25, 0.3) is 0 Å². The average molecular weight is 308 g/mol. The number of benzene rings is 1. The predicted molar refractivity (Wildman–Crippen MR) is 66.6 cm³/mol. The van der Waals surface area contributed by atoms with E-state index < -0.39 is 5.97 Å². The zero-order chi connectivity index (χ0) is 12.1. The number of ether oxygens (including phenoxy) is 2. The highest BCUT2D eigenvalue weighted by molar-refractivity contribution is 9.08. The number of halogens is 2. The van der Waals surface area contributed by atoms with Crippen LogP contribution < -0.4 is 4.74 Å². The molecule has 88 valence electrons. The molecule has 0 heterocycles. The summed E-state index contributed by atoms with van der Waals surface area (Å²) in [6, 6.07) is 3.25. The van der Waals surface area contributed by atoms with Crippen LogP contribution >= 0.6 is 27.5 Å². The largest absolute Gasteiger partial charge is 0.496 e. The monoisotopic (exact) mass is 306 g/mol. The fourth-order valence-corrected chi connectivity index (χ4v) is 2.11. The lowest BCUT2D eigenvalue weighted by Crippen LogP contribution is -2.08. The van der Waals surface area contributed by atoms with E-state index in [0.717, 1.165) is 5.56 Å². The molecule has 0 aliphatic rings. The van der Waals surface area contributed by atoms with Crippen molar-refractivity contribution in [1.82, 2.24) is 0 Å². The first kappa shape index (κ1) is 13.3. The summed E-state index contributed by atoms with van der Waals surface area (Å²) in [5, 5.41) is 0.950. The van der Waals surface area contributed by atoms with E-state index in [1.165, 1.54) is 7.11 Å². The molecule has 1 rings (SSSR count). The lowest BCUT2D eigenvalue weighted by atomic mass is 10.1. The Hall–Kier alpha value is -0.740. The van der Waals surface area contributed by atoms with Gasteiger partial charge in [-0.25, -0.2) is 4.79 Å². The first-order valence-electron chi connectivity index (χ1n) is 4.73. The summed E-state index contributed by atoms with van der Waals surface area (Å²) in [6.45, 7) is 2.09. The van der Waals surface area contributed by atoms with Crippen LogP contribution in [0.2, 0.25) is 5.02 Å². The van der Waals surface area contributed by atoms with Crippen LogP contribution in [0.15, 0.2) is 12.1 Å². The molecule has 0 saturated heterocycles. The Balaban J connectivity index is 3.24. The molecular weight excluding hydrogens is 295 g/mol. The Morgan fingerprint density at radius 1 is 1.50 bits per heavy atom. The van der Waals surface area contributed by atoms with Crippen molar-refractivity contribution in [3.8, 4) is 5.75 Å². The van der Waals surface area contributed by atoms with E-state index >= 15 is 0 Å². The lowest BCUT2D eigenvalue weighted by Gasteiger charge is -2.11. The minimum Gasteiger partial charge on any atom is -0.496 e. The molecule has 1 aromatic rings. The number of methoxy groups -OCH3 is 1. The predicted octanol–water partition coefficient (Wildman–Crippen LogP) is 3.42. The molecule has 0 aliphatic heterocycles. The number of carbonyl (C=O) groups is 1. The molecule has 0 aromatic heterocycles. The number of hydrogen-bond donors (Lipinski definition) is 0. The molecule has 0 aliphatic carbocycles. The Labute approximate surface area is 108 Å². The fraction of sp³-hybridized carbons (Fsp3) is 0.364. The van der Waals surface area contributed by atoms with Crippen molar-refractivity contribution >= 4 is 33.5 Å². The van der Waals surface area contributed by atoms with Crippen LogP contribution in [-0.2, 0) is 10.1 Å². The van der Waals surface area contributed by atoms with Gasteiger partial charge < -0.3 is 9.47 Å². The molecular formula is C11H12BrClO3. The summed E-state index contributed by atoms with van der Waals surface area (Å²) < 4.78 is 10.1. The van der Waals surface area contributed by atoms with Crippen molar-refractivity contribution in [2.45, 2.75) is 12.3 Å². The number of carbonyl (C=O) groups excluding carboxylic acids is 1. The van der Waals surface area contributed by atoms with Crippen LogP contribution in [0.25, 0.3) is 0 Å². The first-order chi connectivity index (χ1) is 7.63. The van der Waals surface area contributed by atoms with Crippen molar-refractivity contribution in [2.24, 2.45) is 0 Å². The molecule has 0 spiro atoms. The second-order valence-corrected chi connectivity index (χ2v) is 3.99. The van der Waals surface area contributed by atoms with Crippen LogP contribution in [0.3, 0.4) is 0 Å². The van der Waals surface area contributed by atoms with Crippen LogP contribution in [0, 0.1) is 0 Å². The van der Waals surface area contributed by atoms with Gasteiger partial charge in [-0.05, 0) is 19.1 Å². The van der Waals surface area contributed by atoms with Gasteiger partial charge in [0.1, 0.15) is 5.75 Å². The minimum absolute atomic E-state index is 0.329. The van der Waals surface area contributed by atoms with Gasteiger partial charge in [0.15, 0.2) is 0 Å². The minimum atomic E-state index is -0.391. The maximum atomic E-state index is 11.7. The molecule has 3 nitrogen and oxygen atoms in total. The molecule has 0 fully saturated rings. The second kappa shape index (κ2) is 6.11. The summed E-state index contributed by atoms with van der Waals surface area (Å²) in [7, 11) is 1.53. The first-order valence-corrected chi connectivity index (χ1v) is 6.23. The highest BCUT2D eigenvalue weighted by Crippen LogP contribution is 2.29. The van der Waals surface area contributed by atoms with E-state index in [1.54, 1.807) is 19.1 Å². The Kier molecular flexibility index (Phi) is 5.09. The van der Waals surface area contributed by atoms with Crippen LogP contribution in [0.1, 0.15) is 22.8 Å². The number of alkyl halides is 1. The second-order valence-electron chi connectivity index (χ2n) is 2.99. The molecule has 0 atom stereocenters.